The molecule has 0 atom stereocenters. The lowest BCUT2D eigenvalue weighted by Crippen LogP contribution is -2.31. The van der Waals surface area contributed by atoms with Crippen LogP contribution < -0.4 is 16.4 Å². The normalized spacial score (nSPS) is 19.1. The van der Waals surface area contributed by atoms with Gasteiger partial charge in [0, 0.05) is 13.1 Å². The van der Waals surface area contributed by atoms with E-state index < -0.39 is 0 Å². The van der Waals surface area contributed by atoms with Crippen LogP contribution in [0.4, 0.5) is 17.8 Å². The summed E-state index contributed by atoms with van der Waals surface area (Å²) in [5.74, 6) is 1.40. The molecule has 4 N–H and O–H groups in total. The summed E-state index contributed by atoms with van der Waals surface area (Å²) in [4.78, 5) is 17.9. The van der Waals surface area contributed by atoms with E-state index in [4.69, 9.17) is 5.73 Å². The summed E-state index contributed by atoms with van der Waals surface area (Å²) < 4.78 is 0. The molecule has 2 fully saturated rings. The van der Waals surface area contributed by atoms with Crippen molar-refractivity contribution < 1.29 is 0 Å². The molecular weight excluding hydrogens is 340 g/mol. The molecule has 0 saturated carbocycles. The van der Waals surface area contributed by atoms with Crippen LogP contribution in [0.25, 0.3) is 0 Å². The van der Waals surface area contributed by atoms with Crippen LogP contribution in [0, 0.1) is 0 Å². The van der Waals surface area contributed by atoms with E-state index in [0.29, 0.717) is 11.9 Å². The van der Waals surface area contributed by atoms with Crippen LogP contribution in [-0.2, 0) is 0 Å². The Hall–Kier alpha value is -1.67. The van der Waals surface area contributed by atoms with Crippen LogP contribution in [-0.4, -0.2) is 77.1 Å². The monoisotopic (exact) mass is 376 g/mol. The molecule has 152 valence electrons. The summed E-state index contributed by atoms with van der Waals surface area (Å²) in [6, 6.07) is 0. The molecule has 1 aromatic rings. The van der Waals surface area contributed by atoms with Crippen molar-refractivity contribution >= 4 is 17.8 Å². The van der Waals surface area contributed by atoms with Gasteiger partial charge in [-0.1, -0.05) is 12.8 Å². The van der Waals surface area contributed by atoms with Gasteiger partial charge in [0.15, 0.2) is 0 Å². The number of nitrogen functional groups attached to an aromatic ring is 1. The van der Waals surface area contributed by atoms with E-state index >= 15 is 0 Å². The quantitative estimate of drug-likeness (QED) is 0.534. The first-order chi connectivity index (χ1) is 13.3. The number of piperidine rings is 2. The highest BCUT2D eigenvalue weighted by molar-refractivity contribution is 5.39. The molecule has 3 heterocycles. The van der Waals surface area contributed by atoms with Gasteiger partial charge < -0.3 is 26.2 Å². The van der Waals surface area contributed by atoms with Gasteiger partial charge in [-0.25, -0.2) is 0 Å². The molecule has 27 heavy (non-hydrogen) atoms. The lowest BCUT2D eigenvalue weighted by molar-refractivity contribution is 0.228. The smallest absolute Gasteiger partial charge is 0.229 e. The fourth-order valence-corrected chi connectivity index (χ4v) is 3.92. The SMILES string of the molecule is Nc1nc(NCCCN2CCCCC2)nc(NCCCN2CCCCC2)n1. The molecule has 1 aromatic heterocycles. The molecule has 0 bridgehead atoms. The number of anilines is 3. The molecule has 0 unspecified atom stereocenters. The zero-order valence-electron chi connectivity index (χ0n) is 16.6. The summed E-state index contributed by atoms with van der Waals surface area (Å²) in [6.45, 7) is 8.94. The lowest BCUT2D eigenvalue weighted by atomic mass is 10.1. The molecular formula is C19H36N8. The number of hydrogen-bond donors (Lipinski definition) is 3. The molecule has 8 nitrogen and oxygen atoms in total. The third-order valence-corrected chi connectivity index (χ3v) is 5.42. The van der Waals surface area contributed by atoms with Crippen molar-refractivity contribution in [3.8, 4) is 0 Å². The molecule has 2 aliphatic rings. The van der Waals surface area contributed by atoms with Crippen molar-refractivity contribution in [2.45, 2.75) is 51.4 Å². The Bertz CT molecular complexity index is 496. The first-order valence-electron chi connectivity index (χ1n) is 10.7. The fraction of sp³-hybridized carbons (Fsp3) is 0.842. The second-order valence-corrected chi connectivity index (χ2v) is 7.71. The molecule has 2 aliphatic heterocycles. The molecule has 0 radical (unpaired) electrons. The van der Waals surface area contributed by atoms with E-state index in [-0.39, 0.29) is 5.95 Å². The Morgan fingerprint density at radius 1 is 0.667 bits per heavy atom. The molecule has 2 saturated heterocycles. The van der Waals surface area contributed by atoms with E-state index in [1.807, 2.05) is 0 Å². The van der Waals surface area contributed by atoms with Gasteiger partial charge in [0.05, 0.1) is 0 Å². The average Bonchev–Trinajstić information content (AvgIpc) is 2.70. The first kappa shape index (κ1) is 20.1. The Morgan fingerprint density at radius 3 is 1.56 bits per heavy atom. The summed E-state index contributed by atoms with van der Waals surface area (Å²) in [5, 5.41) is 6.58. The molecule has 3 rings (SSSR count). The standard InChI is InChI=1S/C19H36N8/c20-17-23-18(21-9-7-15-26-11-3-1-4-12-26)25-19(24-17)22-10-8-16-27-13-5-2-6-14-27/h1-16H2,(H4,20,21,22,23,24,25). The van der Waals surface area contributed by atoms with Crippen molar-refractivity contribution in [2.24, 2.45) is 0 Å². The van der Waals surface area contributed by atoms with E-state index in [1.165, 1.54) is 64.7 Å². The molecule has 0 aliphatic carbocycles. The molecule has 0 aromatic carbocycles. The van der Waals surface area contributed by atoms with Gasteiger partial charge >= 0.3 is 0 Å². The Morgan fingerprint density at radius 2 is 1.11 bits per heavy atom. The van der Waals surface area contributed by atoms with Crippen LogP contribution in [0.2, 0.25) is 0 Å². The highest BCUT2D eigenvalue weighted by Gasteiger charge is 2.10. The van der Waals surface area contributed by atoms with Gasteiger partial charge in [-0.2, -0.15) is 15.0 Å². The highest BCUT2D eigenvalue weighted by Crippen LogP contribution is 2.11. The van der Waals surface area contributed by atoms with Crippen molar-refractivity contribution in [1.82, 2.24) is 24.8 Å². The number of likely N-dealkylation sites (tertiary alicyclic amines) is 2. The second-order valence-electron chi connectivity index (χ2n) is 7.71. The number of rotatable bonds is 10. The number of aromatic nitrogens is 3. The largest absolute Gasteiger partial charge is 0.368 e. The predicted octanol–water partition coefficient (Wildman–Crippen LogP) is 2.03. The van der Waals surface area contributed by atoms with Crippen LogP contribution >= 0.6 is 0 Å². The van der Waals surface area contributed by atoms with Crippen molar-refractivity contribution in [3.63, 3.8) is 0 Å². The van der Waals surface area contributed by atoms with E-state index in [0.717, 1.165) is 39.0 Å². The summed E-state index contributed by atoms with van der Waals surface area (Å²) in [5.41, 5.74) is 5.84. The minimum Gasteiger partial charge on any atom is -0.368 e. The summed E-state index contributed by atoms with van der Waals surface area (Å²) in [7, 11) is 0. The lowest BCUT2D eigenvalue weighted by Gasteiger charge is -2.26. The van der Waals surface area contributed by atoms with E-state index in [2.05, 4.69) is 35.4 Å². The van der Waals surface area contributed by atoms with Gasteiger partial charge in [-0.05, 0) is 77.8 Å². The minimum atomic E-state index is 0.266. The van der Waals surface area contributed by atoms with Crippen LogP contribution in [0.5, 0.6) is 0 Å². The van der Waals surface area contributed by atoms with Gasteiger partial charge in [-0.15, -0.1) is 0 Å². The fourth-order valence-electron chi connectivity index (χ4n) is 3.92. The van der Waals surface area contributed by atoms with Gasteiger partial charge in [0.25, 0.3) is 0 Å². The van der Waals surface area contributed by atoms with Crippen LogP contribution in [0.15, 0.2) is 0 Å². The molecule has 8 heteroatoms. The predicted molar refractivity (Wildman–Crippen MR) is 111 cm³/mol. The Kier molecular flexibility index (Phi) is 8.35. The number of nitrogens with two attached hydrogens (primary N) is 1. The van der Waals surface area contributed by atoms with E-state index in [9.17, 15) is 0 Å². The number of hydrogen-bond acceptors (Lipinski definition) is 8. The summed E-state index contributed by atoms with van der Waals surface area (Å²) >= 11 is 0. The van der Waals surface area contributed by atoms with Gasteiger partial charge in [0.2, 0.25) is 17.8 Å². The second kappa shape index (κ2) is 11.2. The zero-order chi connectivity index (χ0) is 18.7. The van der Waals surface area contributed by atoms with Crippen LogP contribution in [0.1, 0.15) is 51.4 Å². The van der Waals surface area contributed by atoms with E-state index in [1.54, 1.807) is 0 Å². The third kappa shape index (κ3) is 7.46. The zero-order valence-corrected chi connectivity index (χ0v) is 16.6. The topological polar surface area (TPSA) is 95.2 Å². The van der Waals surface area contributed by atoms with Crippen molar-refractivity contribution in [1.29, 1.82) is 0 Å². The maximum absolute atomic E-state index is 5.84. The van der Waals surface area contributed by atoms with Crippen molar-refractivity contribution in [3.05, 3.63) is 0 Å². The van der Waals surface area contributed by atoms with Gasteiger partial charge in [-0.3, -0.25) is 0 Å². The number of nitrogens with zero attached hydrogens (tertiary/aromatic N) is 5. The van der Waals surface area contributed by atoms with Gasteiger partial charge in [0.1, 0.15) is 0 Å². The number of nitrogens with one attached hydrogen (secondary N) is 2. The van der Waals surface area contributed by atoms with Crippen molar-refractivity contribution in [2.75, 3.05) is 68.7 Å². The Labute approximate surface area is 163 Å². The third-order valence-electron chi connectivity index (χ3n) is 5.42. The maximum Gasteiger partial charge on any atom is 0.229 e. The molecule has 0 spiro atoms. The Balaban J connectivity index is 1.33. The highest BCUT2D eigenvalue weighted by atomic mass is 15.2. The minimum absolute atomic E-state index is 0.266. The average molecular weight is 377 g/mol. The maximum atomic E-state index is 5.84. The molecule has 0 amide bonds. The first-order valence-corrected chi connectivity index (χ1v) is 10.7. The van der Waals surface area contributed by atoms with Crippen LogP contribution in [0.3, 0.4) is 0 Å². The summed E-state index contributed by atoms with van der Waals surface area (Å²) in [6.07, 6.45) is 10.3.